The van der Waals surface area contributed by atoms with Gasteiger partial charge in [-0.05, 0) is 26.0 Å². The molecule has 1 aliphatic heterocycles. The van der Waals surface area contributed by atoms with Crippen molar-refractivity contribution in [1.82, 2.24) is 19.9 Å². The zero-order valence-electron chi connectivity index (χ0n) is 14.2. The molecule has 0 aliphatic carbocycles. The average Bonchev–Trinajstić information content (AvgIpc) is 3.08. The van der Waals surface area contributed by atoms with E-state index in [9.17, 15) is 0 Å². The first-order valence-corrected chi connectivity index (χ1v) is 9.11. The fraction of sp³-hybridized carbons (Fsp3) is 0.333. The van der Waals surface area contributed by atoms with E-state index in [2.05, 4.69) is 30.2 Å². The summed E-state index contributed by atoms with van der Waals surface area (Å²) in [6.07, 6.45) is 3.55. The number of morpholine rings is 1. The van der Waals surface area contributed by atoms with Crippen LogP contribution in [0.1, 0.15) is 22.6 Å². The van der Waals surface area contributed by atoms with Crippen LogP contribution in [0.3, 0.4) is 0 Å². The summed E-state index contributed by atoms with van der Waals surface area (Å²) < 4.78 is 5.93. The van der Waals surface area contributed by atoms with Crippen LogP contribution in [0.4, 0.5) is 5.82 Å². The van der Waals surface area contributed by atoms with Crippen LogP contribution in [-0.4, -0.2) is 39.6 Å². The highest BCUT2D eigenvalue weighted by molar-refractivity contribution is 7.09. The van der Waals surface area contributed by atoms with Gasteiger partial charge < -0.3 is 9.64 Å². The van der Waals surface area contributed by atoms with Gasteiger partial charge in [-0.2, -0.15) is 0 Å². The van der Waals surface area contributed by atoms with Gasteiger partial charge in [0.15, 0.2) is 0 Å². The maximum Gasteiger partial charge on any atom is 0.133 e. The molecule has 0 saturated carbocycles. The number of aromatic nitrogens is 4. The minimum absolute atomic E-state index is 0.00732. The van der Waals surface area contributed by atoms with Crippen molar-refractivity contribution in [2.45, 2.75) is 20.0 Å². The Morgan fingerprint density at radius 3 is 2.76 bits per heavy atom. The molecular formula is C18H19N5OS. The molecular weight excluding hydrogens is 334 g/mol. The Labute approximate surface area is 150 Å². The van der Waals surface area contributed by atoms with Gasteiger partial charge in [-0.15, -0.1) is 11.3 Å². The maximum atomic E-state index is 5.93. The predicted octanol–water partition coefficient (Wildman–Crippen LogP) is 3.19. The number of nitrogens with zero attached hydrogens (tertiary/aromatic N) is 5. The van der Waals surface area contributed by atoms with E-state index >= 15 is 0 Å². The van der Waals surface area contributed by atoms with Gasteiger partial charge in [0.05, 0.1) is 18.8 Å². The Balaban J connectivity index is 1.61. The summed E-state index contributed by atoms with van der Waals surface area (Å²) in [4.78, 5) is 20.1. The SMILES string of the molecule is Cc1csc(C2CN(c3cc(-c4ccncc4)nc(C)n3)CCO2)n1. The van der Waals surface area contributed by atoms with Crippen LogP contribution in [0.5, 0.6) is 0 Å². The van der Waals surface area contributed by atoms with Gasteiger partial charge in [0.2, 0.25) is 0 Å². The van der Waals surface area contributed by atoms with E-state index in [1.165, 1.54) is 0 Å². The number of hydrogen-bond donors (Lipinski definition) is 0. The molecule has 3 aromatic heterocycles. The quantitative estimate of drug-likeness (QED) is 0.720. The molecule has 1 fully saturated rings. The van der Waals surface area contributed by atoms with Crippen LogP contribution < -0.4 is 4.90 Å². The summed E-state index contributed by atoms with van der Waals surface area (Å²) in [7, 11) is 0. The molecule has 1 atom stereocenters. The highest BCUT2D eigenvalue weighted by Crippen LogP contribution is 2.29. The number of hydrogen-bond acceptors (Lipinski definition) is 7. The summed E-state index contributed by atoms with van der Waals surface area (Å²) >= 11 is 1.65. The molecule has 128 valence electrons. The van der Waals surface area contributed by atoms with E-state index in [-0.39, 0.29) is 6.10 Å². The summed E-state index contributed by atoms with van der Waals surface area (Å²) in [5.41, 5.74) is 3.00. The molecule has 25 heavy (non-hydrogen) atoms. The molecule has 6 nitrogen and oxygen atoms in total. The molecule has 0 bridgehead atoms. The van der Waals surface area contributed by atoms with E-state index in [4.69, 9.17) is 4.74 Å². The van der Waals surface area contributed by atoms with Gasteiger partial charge in [0, 0.05) is 41.6 Å². The largest absolute Gasteiger partial charge is 0.367 e. The van der Waals surface area contributed by atoms with Gasteiger partial charge in [0.25, 0.3) is 0 Å². The first-order valence-electron chi connectivity index (χ1n) is 8.24. The van der Waals surface area contributed by atoms with E-state index in [1.54, 1.807) is 23.7 Å². The third-order valence-corrected chi connectivity index (χ3v) is 5.16. The smallest absolute Gasteiger partial charge is 0.133 e. The van der Waals surface area contributed by atoms with Gasteiger partial charge >= 0.3 is 0 Å². The minimum atomic E-state index is -0.00732. The Bertz CT molecular complexity index is 867. The Morgan fingerprint density at radius 1 is 1.16 bits per heavy atom. The topological polar surface area (TPSA) is 64.0 Å². The molecule has 1 aliphatic rings. The first kappa shape index (κ1) is 16.1. The Kier molecular flexibility index (Phi) is 4.42. The Morgan fingerprint density at radius 2 is 2.00 bits per heavy atom. The molecule has 1 unspecified atom stereocenters. The standard InChI is InChI=1S/C18H19N5OS/c1-12-11-25-18(20-12)16-10-23(7-8-24-16)17-9-15(21-13(2)22-17)14-3-5-19-6-4-14/h3-6,9,11,16H,7-8,10H2,1-2H3. The van der Waals surface area contributed by atoms with Crippen molar-refractivity contribution < 1.29 is 4.74 Å². The molecule has 4 heterocycles. The lowest BCUT2D eigenvalue weighted by Gasteiger charge is -2.33. The molecule has 0 radical (unpaired) electrons. The molecule has 4 rings (SSSR count). The lowest BCUT2D eigenvalue weighted by Crippen LogP contribution is -2.39. The molecule has 0 amide bonds. The van der Waals surface area contributed by atoms with Crippen molar-refractivity contribution in [2.24, 2.45) is 0 Å². The van der Waals surface area contributed by atoms with Crippen molar-refractivity contribution in [3.63, 3.8) is 0 Å². The lowest BCUT2D eigenvalue weighted by molar-refractivity contribution is 0.0393. The predicted molar refractivity (Wildman–Crippen MR) is 97.8 cm³/mol. The van der Waals surface area contributed by atoms with E-state index in [0.29, 0.717) is 6.61 Å². The van der Waals surface area contributed by atoms with Crippen LogP contribution in [-0.2, 0) is 4.74 Å². The second-order valence-electron chi connectivity index (χ2n) is 6.03. The number of rotatable bonds is 3. The van der Waals surface area contributed by atoms with Crippen LogP contribution >= 0.6 is 11.3 Å². The molecule has 7 heteroatoms. The number of anilines is 1. The number of ether oxygens (including phenoxy) is 1. The highest BCUT2D eigenvalue weighted by Gasteiger charge is 2.25. The summed E-state index contributed by atoms with van der Waals surface area (Å²) in [6, 6.07) is 5.97. The van der Waals surface area contributed by atoms with E-state index < -0.39 is 0 Å². The molecule has 0 aromatic carbocycles. The van der Waals surface area contributed by atoms with E-state index in [0.717, 1.165) is 46.7 Å². The summed E-state index contributed by atoms with van der Waals surface area (Å²) in [5, 5.41) is 3.09. The van der Waals surface area contributed by atoms with Crippen molar-refractivity contribution in [1.29, 1.82) is 0 Å². The monoisotopic (exact) mass is 353 g/mol. The number of pyridine rings is 1. The van der Waals surface area contributed by atoms with Gasteiger partial charge in [-0.1, -0.05) is 0 Å². The van der Waals surface area contributed by atoms with Gasteiger partial charge in [-0.25, -0.2) is 15.0 Å². The zero-order valence-corrected chi connectivity index (χ0v) is 15.0. The second-order valence-corrected chi connectivity index (χ2v) is 6.92. The summed E-state index contributed by atoms with van der Waals surface area (Å²) in [6.45, 7) is 6.16. The summed E-state index contributed by atoms with van der Waals surface area (Å²) in [5.74, 6) is 1.69. The lowest BCUT2D eigenvalue weighted by atomic mass is 10.2. The number of aryl methyl sites for hydroxylation is 2. The average molecular weight is 353 g/mol. The van der Waals surface area contributed by atoms with Crippen molar-refractivity contribution >= 4 is 17.2 Å². The van der Waals surface area contributed by atoms with E-state index in [1.807, 2.05) is 32.0 Å². The second kappa shape index (κ2) is 6.85. The molecule has 0 spiro atoms. The fourth-order valence-corrected chi connectivity index (χ4v) is 3.75. The van der Waals surface area contributed by atoms with Gasteiger partial charge in [0.1, 0.15) is 22.8 Å². The van der Waals surface area contributed by atoms with Crippen LogP contribution in [0.2, 0.25) is 0 Å². The van der Waals surface area contributed by atoms with Crippen molar-refractivity contribution in [3.8, 4) is 11.3 Å². The molecule has 1 saturated heterocycles. The molecule has 0 N–H and O–H groups in total. The zero-order chi connectivity index (χ0) is 17.2. The normalized spacial score (nSPS) is 17.7. The third-order valence-electron chi connectivity index (χ3n) is 4.10. The third kappa shape index (κ3) is 3.52. The van der Waals surface area contributed by atoms with Crippen LogP contribution in [0, 0.1) is 13.8 Å². The van der Waals surface area contributed by atoms with Crippen LogP contribution in [0.15, 0.2) is 36.0 Å². The van der Waals surface area contributed by atoms with Crippen molar-refractivity contribution in [2.75, 3.05) is 24.6 Å². The first-order chi connectivity index (χ1) is 12.2. The fourth-order valence-electron chi connectivity index (χ4n) is 2.91. The van der Waals surface area contributed by atoms with Crippen LogP contribution in [0.25, 0.3) is 11.3 Å². The van der Waals surface area contributed by atoms with Crippen molar-refractivity contribution in [3.05, 3.63) is 52.5 Å². The number of thiazole rings is 1. The minimum Gasteiger partial charge on any atom is -0.367 e. The van der Waals surface area contributed by atoms with Gasteiger partial charge in [-0.3, -0.25) is 4.98 Å². The Hall–Kier alpha value is -2.38. The molecule has 3 aromatic rings. The maximum absolute atomic E-state index is 5.93. The highest BCUT2D eigenvalue weighted by atomic mass is 32.1.